The SMILES string of the molecule is CC(C)(C)c1ccc2c(c1)-c1cc(-c3nc(-c4ccc(-c5ccc([Si](C)(C)C)cc5)cc4)nc4cc(-c5ccc6ccc7c(c6c5)Oc5ccccc5C75c6ccccc6-c6c(-c7cc(-c8ccccc8)nc(-c8cccc(-n9c%10ccccc%10c%10ccccc%109)c8)n7)cccc65)ccc34)ccc1C21c2ccc3ccccc3c2Oc2c1ccc1ccccc21. The number of benzene rings is 18. The zero-order valence-corrected chi connectivity index (χ0v) is 70.9. The first kappa shape index (κ1) is 72.6. The zero-order valence-electron chi connectivity index (χ0n) is 69.9. The quantitative estimate of drug-likeness (QED) is 0.134. The van der Waals surface area contributed by atoms with E-state index in [1.165, 1.54) is 54.9 Å². The molecule has 0 radical (unpaired) electrons. The molecule has 3 aromatic heterocycles. The van der Waals surface area contributed by atoms with Crippen LogP contribution in [-0.2, 0) is 16.2 Å². The zero-order chi connectivity index (χ0) is 83.3. The average molecular weight is 1620 g/mol. The maximum absolute atomic E-state index is 7.52. The van der Waals surface area contributed by atoms with Gasteiger partial charge in [-0.05, 0) is 155 Å². The largest absolute Gasteiger partial charge is 0.456 e. The monoisotopic (exact) mass is 1620 g/mol. The van der Waals surface area contributed by atoms with Crippen LogP contribution in [0, 0.1) is 0 Å². The van der Waals surface area contributed by atoms with E-state index in [1.54, 1.807) is 0 Å². The Morgan fingerprint density at radius 1 is 0.288 bits per heavy atom. The van der Waals surface area contributed by atoms with Crippen LogP contribution < -0.4 is 14.7 Å². The van der Waals surface area contributed by atoms with Crippen molar-refractivity contribution in [1.82, 2.24) is 24.5 Å². The molecule has 4 aliphatic rings. The van der Waals surface area contributed by atoms with Crippen molar-refractivity contribution in [2.75, 3.05) is 0 Å². The number of para-hydroxylation sites is 3. The molecule has 25 rings (SSSR count). The molecule has 2 aliphatic carbocycles. The minimum atomic E-state index is -1.51. The summed E-state index contributed by atoms with van der Waals surface area (Å²) in [5.41, 5.74) is 29.3. The smallest absolute Gasteiger partial charge is 0.160 e. The number of aromatic nitrogens is 5. The predicted molar refractivity (Wildman–Crippen MR) is 516 cm³/mol. The molecule has 590 valence electrons. The van der Waals surface area contributed by atoms with Crippen LogP contribution in [0.15, 0.2) is 382 Å². The van der Waals surface area contributed by atoms with E-state index < -0.39 is 18.9 Å². The highest BCUT2D eigenvalue weighted by molar-refractivity contribution is 6.88. The van der Waals surface area contributed by atoms with Crippen LogP contribution in [-0.4, -0.2) is 32.6 Å². The summed E-state index contributed by atoms with van der Waals surface area (Å²) in [6.45, 7) is 14.2. The molecule has 0 fully saturated rings. The topological polar surface area (TPSA) is 75.0 Å². The standard InChI is InChI=1S/C117H81N5O2Si/c1-115(2,3)81-55-63-96-93(68-81)92-66-79(54-59-95(92)116(96)99-60-51-72-24-10-12-30-84(72)110(99)124-111-85-31-13-11-25-73(85)52-61-100(111)116)109-90-58-50-78(67-103(90)119-113(121-109)76-45-42-70(43-46-76)71-48-56-83(57-49-71)125(4,5)6)77-47-44-74-53-62-101-112(91(74)65-77)123-107-41-21-18-37-97(107)117(101)94-36-17-14-34-88(94)108-89(35-23-38-98(108)117)104-69-102(75-26-8-7-9-27-75)118-114(120-104)80-28-22-29-82(64-80)122-105-39-19-15-32-86(105)87-33-16-20-40-106(87)122/h7-69H,1-6H3. The molecule has 18 aromatic carbocycles. The van der Waals surface area contributed by atoms with Gasteiger partial charge in [0.05, 0.1) is 52.5 Å². The molecule has 1 unspecified atom stereocenters. The number of rotatable bonds is 9. The van der Waals surface area contributed by atoms with Crippen LogP contribution in [0.2, 0.25) is 19.6 Å². The Balaban J connectivity index is 0.655. The molecule has 2 aliphatic heterocycles. The van der Waals surface area contributed by atoms with Crippen LogP contribution in [0.1, 0.15) is 70.8 Å². The summed E-state index contributed by atoms with van der Waals surface area (Å²) in [5.74, 6) is 4.70. The minimum absolute atomic E-state index is 0.138. The van der Waals surface area contributed by atoms with E-state index in [9.17, 15) is 0 Å². The lowest BCUT2D eigenvalue weighted by molar-refractivity contribution is 0.441. The lowest BCUT2D eigenvalue weighted by atomic mass is 9.65. The van der Waals surface area contributed by atoms with Gasteiger partial charge in [-0.2, -0.15) is 0 Å². The van der Waals surface area contributed by atoms with Gasteiger partial charge in [-0.25, -0.2) is 19.9 Å². The van der Waals surface area contributed by atoms with Gasteiger partial charge >= 0.3 is 0 Å². The van der Waals surface area contributed by atoms with E-state index in [1.807, 2.05) is 0 Å². The van der Waals surface area contributed by atoms with Crippen molar-refractivity contribution in [3.05, 3.63) is 432 Å². The molecule has 0 amide bonds. The first-order valence-electron chi connectivity index (χ1n) is 43.4. The highest BCUT2D eigenvalue weighted by atomic mass is 28.3. The maximum Gasteiger partial charge on any atom is 0.160 e. The Morgan fingerprint density at radius 3 is 1.49 bits per heavy atom. The third-order valence-corrected chi connectivity index (χ3v) is 29.3. The van der Waals surface area contributed by atoms with E-state index in [2.05, 4.69) is 427 Å². The second-order valence-corrected chi connectivity index (χ2v) is 41.3. The van der Waals surface area contributed by atoms with Gasteiger partial charge in [-0.1, -0.05) is 367 Å². The number of nitrogens with zero attached hydrogens (tertiary/aromatic N) is 5. The van der Waals surface area contributed by atoms with Crippen molar-refractivity contribution >= 4 is 78.3 Å². The fourth-order valence-corrected chi connectivity index (χ4v) is 22.4. The third kappa shape index (κ3) is 10.9. The van der Waals surface area contributed by atoms with Gasteiger partial charge in [0.1, 0.15) is 23.0 Å². The summed E-state index contributed by atoms with van der Waals surface area (Å²) in [5, 5.41) is 11.3. The summed E-state index contributed by atoms with van der Waals surface area (Å²) in [7, 11) is -1.51. The fraction of sp³-hybridized carbons (Fsp3) is 0.0769. The number of hydrogen-bond acceptors (Lipinski definition) is 6. The average Bonchev–Trinajstić information content (AvgIpc) is 1.54. The van der Waals surface area contributed by atoms with Gasteiger partial charge in [0.15, 0.2) is 11.6 Å². The Labute approximate surface area is 725 Å². The van der Waals surface area contributed by atoms with E-state index in [0.29, 0.717) is 11.6 Å². The van der Waals surface area contributed by atoms with Crippen LogP contribution in [0.4, 0.5) is 0 Å². The van der Waals surface area contributed by atoms with Gasteiger partial charge in [0.2, 0.25) is 0 Å². The molecule has 8 heteroatoms. The number of ether oxygens (including phenoxy) is 2. The Bertz CT molecular complexity index is 8060. The second kappa shape index (κ2) is 27.1. The lowest BCUT2D eigenvalue weighted by Crippen LogP contribution is -2.37. The van der Waals surface area contributed by atoms with Crippen LogP contribution in [0.3, 0.4) is 0 Å². The molecule has 7 nitrogen and oxygen atoms in total. The molecule has 0 N–H and O–H groups in total. The number of hydrogen-bond donors (Lipinski definition) is 0. The highest BCUT2D eigenvalue weighted by Gasteiger charge is 2.54. The molecule has 125 heavy (non-hydrogen) atoms. The van der Waals surface area contributed by atoms with Gasteiger partial charge in [0.25, 0.3) is 0 Å². The van der Waals surface area contributed by atoms with Crippen LogP contribution in [0.5, 0.6) is 23.0 Å². The lowest BCUT2D eigenvalue weighted by Gasteiger charge is -2.40. The molecule has 21 aromatic rings. The summed E-state index contributed by atoms with van der Waals surface area (Å²) < 4.78 is 17.3. The Hall–Kier alpha value is -15.2. The van der Waals surface area contributed by atoms with E-state index in [-0.39, 0.29) is 5.41 Å². The normalized spacial score (nSPS) is 14.4. The van der Waals surface area contributed by atoms with E-state index in [4.69, 9.17) is 29.4 Å². The van der Waals surface area contributed by atoms with Crippen molar-refractivity contribution in [2.24, 2.45) is 0 Å². The van der Waals surface area contributed by atoms with Crippen LogP contribution in [0.25, 0.3) is 172 Å². The summed E-state index contributed by atoms with van der Waals surface area (Å²) >= 11 is 0. The molecule has 0 saturated carbocycles. The molecular formula is C117H81N5O2Si. The van der Waals surface area contributed by atoms with Gasteiger partial charge in [-0.3, -0.25) is 0 Å². The molecular weight excluding hydrogens is 1540 g/mol. The van der Waals surface area contributed by atoms with Gasteiger partial charge in [0, 0.05) is 88.1 Å². The first-order valence-corrected chi connectivity index (χ1v) is 46.9. The van der Waals surface area contributed by atoms with Crippen molar-refractivity contribution < 1.29 is 9.47 Å². The van der Waals surface area contributed by atoms with E-state index in [0.717, 1.165) is 183 Å². The van der Waals surface area contributed by atoms with Crippen molar-refractivity contribution in [2.45, 2.75) is 56.7 Å². The van der Waals surface area contributed by atoms with Gasteiger partial charge < -0.3 is 14.0 Å². The van der Waals surface area contributed by atoms with Crippen molar-refractivity contribution in [3.8, 4) is 130 Å². The van der Waals surface area contributed by atoms with Crippen molar-refractivity contribution in [3.63, 3.8) is 0 Å². The van der Waals surface area contributed by atoms with Crippen LogP contribution >= 0.6 is 0 Å². The third-order valence-electron chi connectivity index (χ3n) is 27.3. The van der Waals surface area contributed by atoms with Gasteiger partial charge in [-0.15, -0.1) is 0 Å². The molecule has 0 saturated heterocycles. The molecule has 0 bridgehead atoms. The maximum atomic E-state index is 7.52. The molecule has 5 heterocycles. The van der Waals surface area contributed by atoms with E-state index >= 15 is 0 Å². The molecule has 2 spiro atoms. The summed E-state index contributed by atoms with van der Waals surface area (Å²) in [6, 6.07) is 141. The predicted octanol–water partition coefficient (Wildman–Crippen LogP) is 29.4. The minimum Gasteiger partial charge on any atom is -0.456 e. The molecule has 1 atom stereocenters. The highest BCUT2D eigenvalue weighted by Crippen LogP contribution is 2.67. The number of fused-ring (bicyclic) bond motifs is 28. The fourth-order valence-electron chi connectivity index (χ4n) is 21.3. The second-order valence-electron chi connectivity index (χ2n) is 36.2. The van der Waals surface area contributed by atoms with Crippen molar-refractivity contribution in [1.29, 1.82) is 0 Å². The Morgan fingerprint density at radius 2 is 0.784 bits per heavy atom. The Kier molecular flexibility index (Phi) is 15.8. The first-order chi connectivity index (χ1) is 61.2. The summed E-state index contributed by atoms with van der Waals surface area (Å²) in [4.78, 5) is 22.6. The summed E-state index contributed by atoms with van der Waals surface area (Å²) in [6.07, 6.45) is 0.